The standard InChI is InChI=1S/C14H21NO/c1-2-14(12-5-3-4-6-12)13-11(7-9-15-14)8-10-16-13/h8,10,12,15H,2-7,9H2,1H3. The van der Waals surface area contributed by atoms with Crippen LogP contribution in [-0.4, -0.2) is 6.54 Å². The predicted molar refractivity (Wildman–Crippen MR) is 64.3 cm³/mol. The highest BCUT2D eigenvalue weighted by atomic mass is 16.3. The molecule has 1 fully saturated rings. The minimum absolute atomic E-state index is 0.146. The monoisotopic (exact) mass is 219 g/mol. The first-order valence-electron chi connectivity index (χ1n) is 6.68. The zero-order valence-corrected chi connectivity index (χ0v) is 10.1. The van der Waals surface area contributed by atoms with Crippen molar-refractivity contribution in [1.82, 2.24) is 5.32 Å². The molecule has 1 saturated carbocycles. The van der Waals surface area contributed by atoms with Crippen LogP contribution in [0.15, 0.2) is 16.7 Å². The third kappa shape index (κ3) is 1.36. The third-order valence-electron chi connectivity index (χ3n) is 4.60. The Hall–Kier alpha value is -0.760. The molecule has 0 amide bonds. The molecule has 2 aliphatic rings. The SMILES string of the molecule is CCC1(C2CCCC2)NCCc2ccoc21. The smallest absolute Gasteiger partial charge is 0.127 e. The van der Waals surface area contributed by atoms with Crippen LogP contribution in [0.25, 0.3) is 0 Å². The lowest BCUT2D eigenvalue weighted by Gasteiger charge is -2.41. The average molecular weight is 219 g/mol. The lowest BCUT2D eigenvalue weighted by Crippen LogP contribution is -2.51. The fraction of sp³-hybridized carbons (Fsp3) is 0.714. The van der Waals surface area contributed by atoms with Crippen molar-refractivity contribution in [2.24, 2.45) is 5.92 Å². The summed E-state index contributed by atoms with van der Waals surface area (Å²) in [4.78, 5) is 0. The molecule has 0 spiro atoms. The molecule has 2 heterocycles. The Labute approximate surface area is 97.4 Å². The second-order valence-electron chi connectivity index (χ2n) is 5.26. The van der Waals surface area contributed by atoms with E-state index in [-0.39, 0.29) is 5.54 Å². The number of hydrogen-bond donors (Lipinski definition) is 1. The van der Waals surface area contributed by atoms with Crippen molar-refractivity contribution in [2.45, 2.75) is 51.0 Å². The van der Waals surface area contributed by atoms with Crippen LogP contribution in [0.3, 0.4) is 0 Å². The van der Waals surface area contributed by atoms with Gasteiger partial charge >= 0.3 is 0 Å². The average Bonchev–Trinajstić information content (AvgIpc) is 2.99. The van der Waals surface area contributed by atoms with Gasteiger partial charge in [-0.1, -0.05) is 19.8 Å². The maximum atomic E-state index is 5.81. The molecule has 16 heavy (non-hydrogen) atoms. The molecule has 1 atom stereocenters. The highest BCUT2D eigenvalue weighted by Crippen LogP contribution is 2.45. The van der Waals surface area contributed by atoms with Crippen molar-refractivity contribution in [2.75, 3.05) is 6.54 Å². The van der Waals surface area contributed by atoms with Gasteiger partial charge in [-0.15, -0.1) is 0 Å². The molecule has 1 unspecified atom stereocenters. The molecule has 1 aliphatic heterocycles. The number of furan rings is 1. The zero-order chi connectivity index (χ0) is 11.0. The van der Waals surface area contributed by atoms with Gasteiger partial charge in [0.15, 0.2) is 0 Å². The second kappa shape index (κ2) is 3.92. The molecule has 2 nitrogen and oxygen atoms in total. The van der Waals surface area contributed by atoms with Gasteiger partial charge in [-0.3, -0.25) is 0 Å². The van der Waals surface area contributed by atoms with Crippen LogP contribution >= 0.6 is 0 Å². The predicted octanol–water partition coefficient (Wildman–Crippen LogP) is 3.22. The fourth-order valence-electron chi connectivity index (χ4n) is 3.75. The Balaban J connectivity index is 2.02. The first kappa shape index (κ1) is 10.4. The van der Waals surface area contributed by atoms with E-state index in [0.29, 0.717) is 0 Å². The van der Waals surface area contributed by atoms with Gasteiger partial charge in [-0.2, -0.15) is 0 Å². The summed E-state index contributed by atoms with van der Waals surface area (Å²) in [6, 6.07) is 2.16. The van der Waals surface area contributed by atoms with Crippen LogP contribution < -0.4 is 5.32 Å². The number of fused-ring (bicyclic) bond motifs is 1. The number of nitrogens with one attached hydrogen (secondary N) is 1. The van der Waals surface area contributed by atoms with E-state index in [9.17, 15) is 0 Å². The largest absolute Gasteiger partial charge is 0.467 e. The van der Waals surface area contributed by atoms with Crippen LogP contribution in [0.4, 0.5) is 0 Å². The molecule has 2 heteroatoms. The van der Waals surface area contributed by atoms with E-state index in [1.54, 1.807) is 0 Å². The summed E-state index contributed by atoms with van der Waals surface area (Å²) in [5.41, 5.74) is 1.58. The van der Waals surface area contributed by atoms with Crippen LogP contribution in [-0.2, 0) is 12.0 Å². The van der Waals surface area contributed by atoms with E-state index in [1.807, 2.05) is 6.26 Å². The Morgan fingerprint density at radius 3 is 3.00 bits per heavy atom. The Morgan fingerprint density at radius 2 is 2.25 bits per heavy atom. The van der Waals surface area contributed by atoms with Crippen molar-refractivity contribution in [3.63, 3.8) is 0 Å². The Bertz CT molecular complexity index is 365. The summed E-state index contributed by atoms with van der Waals surface area (Å²) < 4.78 is 5.81. The van der Waals surface area contributed by atoms with Gasteiger partial charge in [0.2, 0.25) is 0 Å². The van der Waals surface area contributed by atoms with Crippen LogP contribution in [0.5, 0.6) is 0 Å². The molecule has 0 saturated heterocycles. The molecular formula is C14H21NO. The zero-order valence-electron chi connectivity index (χ0n) is 10.1. The first-order chi connectivity index (χ1) is 7.87. The van der Waals surface area contributed by atoms with Crippen LogP contribution in [0, 0.1) is 5.92 Å². The fourth-order valence-corrected chi connectivity index (χ4v) is 3.75. The summed E-state index contributed by atoms with van der Waals surface area (Å²) in [7, 11) is 0. The summed E-state index contributed by atoms with van der Waals surface area (Å²) in [5.74, 6) is 2.02. The minimum Gasteiger partial charge on any atom is -0.467 e. The third-order valence-corrected chi connectivity index (χ3v) is 4.60. The molecule has 3 rings (SSSR count). The van der Waals surface area contributed by atoms with E-state index in [1.165, 1.54) is 37.0 Å². The van der Waals surface area contributed by atoms with Gasteiger partial charge in [0.05, 0.1) is 11.8 Å². The maximum absolute atomic E-state index is 5.81. The summed E-state index contributed by atoms with van der Waals surface area (Å²) >= 11 is 0. The van der Waals surface area contributed by atoms with Crippen LogP contribution in [0.2, 0.25) is 0 Å². The van der Waals surface area contributed by atoms with Crippen molar-refractivity contribution in [3.05, 3.63) is 23.7 Å². The lowest BCUT2D eigenvalue weighted by atomic mass is 9.75. The first-order valence-corrected chi connectivity index (χ1v) is 6.68. The molecule has 88 valence electrons. The van der Waals surface area contributed by atoms with Crippen LogP contribution in [0.1, 0.15) is 50.4 Å². The quantitative estimate of drug-likeness (QED) is 0.826. The van der Waals surface area contributed by atoms with E-state index >= 15 is 0 Å². The second-order valence-corrected chi connectivity index (χ2v) is 5.26. The summed E-state index contributed by atoms with van der Waals surface area (Å²) in [6.45, 7) is 3.40. The van der Waals surface area contributed by atoms with Gasteiger partial charge < -0.3 is 9.73 Å². The van der Waals surface area contributed by atoms with Gasteiger partial charge in [0.1, 0.15) is 5.76 Å². The molecule has 0 bridgehead atoms. The van der Waals surface area contributed by atoms with E-state index < -0.39 is 0 Å². The van der Waals surface area contributed by atoms with Gasteiger partial charge in [0.25, 0.3) is 0 Å². The lowest BCUT2D eigenvalue weighted by molar-refractivity contribution is 0.154. The highest BCUT2D eigenvalue weighted by molar-refractivity contribution is 5.29. The minimum atomic E-state index is 0.146. The van der Waals surface area contributed by atoms with Crippen molar-refractivity contribution >= 4 is 0 Å². The van der Waals surface area contributed by atoms with Crippen molar-refractivity contribution in [3.8, 4) is 0 Å². The molecule has 1 aromatic heterocycles. The van der Waals surface area contributed by atoms with Gasteiger partial charge in [-0.25, -0.2) is 0 Å². The molecule has 0 radical (unpaired) electrons. The summed E-state index contributed by atoms with van der Waals surface area (Å²) in [5, 5.41) is 3.77. The topological polar surface area (TPSA) is 25.2 Å². The van der Waals surface area contributed by atoms with E-state index in [4.69, 9.17) is 4.42 Å². The highest BCUT2D eigenvalue weighted by Gasteiger charge is 2.45. The number of hydrogen-bond acceptors (Lipinski definition) is 2. The van der Waals surface area contributed by atoms with Crippen molar-refractivity contribution in [1.29, 1.82) is 0 Å². The molecule has 1 N–H and O–H groups in total. The Kier molecular flexibility index (Phi) is 2.55. The molecular weight excluding hydrogens is 198 g/mol. The number of rotatable bonds is 2. The molecule has 1 aliphatic carbocycles. The normalized spacial score (nSPS) is 30.6. The van der Waals surface area contributed by atoms with E-state index in [2.05, 4.69) is 18.3 Å². The molecule has 0 aromatic carbocycles. The molecule has 1 aromatic rings. The van der Waals surface area contributed by atoms with E-state index in [0.717, 1.165) is 25.3 Å². The van der Waals surface area contributed by atoms with Crippen molar-refractivity contribution < 1.29 is 4.42 Å². The van der Waals surface area contributed by atoms with Gasteiger partial charge in [0, 0.05) is 6.54 Å². The Morgan fingerprint density at radius 1 is 1.44 bits per heavy atom. The van der Waals surface area contributed by atoms with Gasteiger partial charge in [-0.05, 0) is 43.2 Å². The summed E-state index contributed by atoms with van der Waals surface area (Å²) in [6.07, 6.45) is 9.66. The maximum Gasteiger partial charge on any atom is 0.127 e.